The quantitative estimate of drug-likeness (QED) is 0.296. The Labute approximate surface area is 175 Å². The molecule has 1 rings (SSSR count). The van der Waals surface area contributed by atoms with Crippen molar-refractivity contribution in [2.75, 3.05) is 0 Å². The van der Waals surface area contributed by atoms with Crippen LogP contribution in [0.2, 0.25) is 36.3 Å². The number of nitrogens with zero attached hydrogens (tertiary/aromatic N) is 1. The third-order valence-electron chi connectivity index (χ3n) is 7.23. The summed E-state index contributed by atoms with van der Waals surface area (Å²) in [5.41, 5.74) is 0. The summed E-state index contributed by atoms with van der Waals surface area (Å²) in [5, 5.41) is 0.191. The molecule has 0 bridgehead atoms. The van der Waals surface area contributed by atoms with Crippen LogP contribution in [0.25, 0.3) is 0 Å². The molecule has 0 saturated carbocycles. The van der Waals surface area contributed by atoms with Gasteiger partial charge in [-0.05, 0) is 49.5 Å². The number of allylic oxidation sites excluding steroid dienone is 1. The molecule has 0 radical (unpaired) electrons. The van der Waals surface area contributed by atoms with E-state index in [9.17, 15) is 9.59 Å². The van der Waals surface area contributed by atoms with Gasteiger partial charge in [-0.15, -0.1) is 0 Å². The van der Waals surface area contributed by atoms with Gasteiger partial charge in [-0.1, -0.05) is 60.7 Å². The zero-order chi connectivity index (χ0) is 22.3. The van der Waals surface area contributed by atoms with Crippen LogP contribution < -0.4 is 0 Å². The van der Waals surface area contributed by atoms with Gasteiger partial charge in [-0.3, -0.25) is 9.59 Å². The van der Waals surface area contributed by atoms with E-state index < -0.39 is 16.6 Å². The largest absolute Gasteiger partial charge is 0.413 e. The molecule has 0 aromatic rings. The lowest BCUT2D eigenvalue weighted by Crippen LogP contribution is -2.74. The molecule has 0 N–H and O–H groups in total. The molecule has 0 aromatic carbocycles. The van der Waals surface area contributed by atoms with Crippen LogP contribution in [0.15, 0.2) is 12.2 Å². The molecule has 1 aliphatic rings. The summed E-state index contributed by atoms with van der Waals surface area (Å²) in [5.74, 6) is 0.158. The summed E-state index contributed by atoms with van der Waals surface area (Å²) in [7, 11) is -3.94. The van der Waals surface area contributed by atoms with Crippen LogP contribution in [0.3, 0.4) is 0 Å². The molecule has 0 aliphatic carbocycles. The Morgan fingerprint density at radius 2 is 1.61 bits per heavy atom. The van der Waals surface area contributed by atoms with Crippen molar-refractivity contribution in [2.45, 2.75) is 110 Å². The van der Waals surface area contributed by atoms with Crippen molar-refractivity contribution in [3.05, 3.63) is 12.2 Å². The highest BCUT2D eigenvalue weighted by Gasteiger charge is 2.59. The molecular formula is C22H43NO3Si2. The number of amides is 1. The van der Waals surface area contributed by atoms with Crippen molar-refractivity contribution in [1.82, 2.24) is 4.57 Å². The fourth-order valence-corrected chi connectivity index (χ4v) is 7.42. The van der Waals surface area contributed by atoms with Crippen LogP contribution in [0.4, 0.5) is 0 Å². The predicted octanol–water partition coefficient (Wildman–Crippen LogP) is 5.76. The van der Waals surface area contributed by atoms with Gasteiger partial charge < -0.3 is 8.99 Å². The second-order valence-corrected chi connectivity index (χ2v) is 21.3. The molecule has 1 fully saturated rings. The molecule has 0 unspecified atom stereocenters. The highest BCUT2D eigenvalue weighted by molar-refractivity contribution is 6.80. The Morgan fingerprint density at radius 1 is 1.11 bits per heavy atom. The van der Waals surface area contributed by atoms with Crippen LogP contribution in [-0.2, 0) is 14.0 Å². The first-order valence-electron chi connectivity index (χ1n) is 10.5. The van der Waals surface area contributed by atoms with E-state index in [0.717, 1.165) is 0 Å². The maximum atomic E-state index is 13.3. The molecular weight excluding hydrogens is 382 g/mol. The number of ketones is 1. The van der Waals surface area contributed by atoms with Crippen molar-refractivity contribution in [3.8, 4) is 0 Å². The first-order chi connectivity index (χ1) is 12.3. The first-order valence-corrected chi connectivity index (χ1v) is 16.4. The highest BCUT2D eigenvalue weighted by Crippen LogP contribution is 2.48. The number of rotatable bonds is 7. The zero-order valence-corrected chi connectivity index (χ0v) is 22.3. The SMILES string of the molecule is CC(=O)/C=C/C[C@@H]1[C@@H]([C@@H](C)O[Si](C)(C)C(C)(C)C)C(=O)N1[Si](C)(C)C(C)(C)C. The molecule has 1 heterocycles. The van der Waals surface area contributed by atoms with Gasteiger partial charge in [0.05, 0.1) is 12.0 Å². The maximum Gasteiger partial charge on any atom is 0.222 e. The van der Waals surface area contributed by atoms with Gasteiger partial charge in [0.15, 0.2) is 22.3 Å². The van der Waals surface area contributed by atoms with Crippen molar-refractivity contribution in [1.29, 1.82) is 0 Å². The number of hydrogen-bond donors (Lipinski definition) is 0. The molecule has 1 saturated heterocycles. The lowest BCUT2D eigenvalue weighted by atomic mass is 9.84. The minimum Gasteiger partial charge on any atom is -0.413 e. The van der Waals surface area contributed by atoms with Crippen LogP contribution in [0.1, 0.15) is 61.8 Å². The maximum absolute atomic E-state index is 13.3. The number of carbonyl (C=O) groups is 2. The minimum absolute atomic E-state index is 0.0478. The summed E-state index contributed by atoms with van der Waals surface area (Å²) >= 11 is 0. The summed E-state index contributed by atoms with van der Waals surface area (Å²) < 4.78 is 8.77. The molecule has 0 spiro atoms. The Bertz CT molecular complexity index is 627. The van der Waals surface area contributed by atoms with E-state index in [-0.39, 0.29) is 39.8 Å². The van der Waals surface area contributed by atoms with E-state index in [1.54, 1.807) is 13.0 Å². The van der Waals surface area contributed by atoms with Gasteiger partial charge in [0.25, 0.3) is 0 Å². The Hall–Kier alpha value is -0.726. The summed E-state index contributed by atoms with van der Waals surface area (Å²) in [6.07, 6.45) is 4.17. The highest BCUT2D eigenvalue weighted by atomic mass is 28.4. The smallest absolute Gasteiger partial charge is 0.222 e. The minimum atomic E-state index is -1.99. The molecule has 1 amide bonds. The van der Waals surface area contributed by atoms with Crippen LogP contribution in [-0.4, -0.2) is 45.0 Å². The molecule has 162 valence electrons. The molecule has 1 aliphatic heterocycles. The Kier molecular flexibility index (Phi) is 7.40. The van der Waals surface area contributed by atoms with Gasteiger partial charge in [0, 0.05) is 6.04 Å². The molecule has 0 aromatic heterocycles. The first kappa shape index (κ1) is 25.3. The average Bonchev–Trinajstić information content (AvgIpc) is 2.42. The summed E-state index contributed by atoms with van der Waals surface area (Å²) in [4.78, 5) is 24.7. The standard InChI is InChI=1S/C22H43NO3Si2/c1-16(24)14-13-15-18-19(17(2)26-28(11,12)22(6,7)8)20(25)23(18)27(9,10)21(3,4)5/h13-14,17-19H,15H2,1-12H3/b14-13+/t17-,18-,19-/m1/s1. The third-order valence-corrected chi connectivity index (χ3v) is 17.2. The summed E-state index contributed by atoms with van der Waals surface area (Å²) in [6.45, 7) is 26.0. The number of β-lactam (4-membered cyclic amide) rings is 1. The van der Waals surface area contributed by atoms with Gasteiger partial charge in [0.2, 0.25) is 5.91 Å². The van der Waals surface area contributed by atoms with Gasteiger partial charge in [-0.25, -0.2) is 0 Å². The lowest BCUT2D eigenvalue weighted by molar-refractivity contribution is -0.154. The van der Waals surface area contributed by atoms with E-state index in [0.29, 0.717) is 6.42 Å². The monoisotopic (exact) mass is 425 g/mol. The average molecular weight is 426 g/mol. The number of hydrogen-bond acceptors (Lipinski definition) is 3. The van der Waals surface area contributed by atoms with Crippen molar-refractivity contribution in [2.24, 2.45) is 5.92 Å². The molecule has 28 heavy (non-hydrogen) atoms. The van der Waals surface area contributed by atoms with Gasteiger partial charge >= 0.3 is 0 Å². The molecule has 6 heteroatoms. The van der Waals surface area contributed by atoms with Crippen molar-refractivity contribution < 1.29 is 14.0 Å². The fourth-order valence-electron chi connectivity index (χ4n) is 3.47. The number of carbonyl (C=O) groups excluding carboxylic acids is 2. The fraction of sp³-hybridized carbons (Fsp3) is 0.818. The van der Waals surface area contributed by atoms with Crippen molar-refractivity contribution in [3.63, 3.8) is 0 Å². The van der Waals surface area contributed by atoms with E-state index in [1.165, 1.54) is 0 Å². The van der Waals surface area contributed by atoms with Gasteiger partial charge in [0.1, 0.15) is 0 Å². The van der Waals surface area contributed by atoms with E-state index >= 15 is 0 Å². The summed E-state index contributed by atoms with van der Waals surface area (Å²) in [6, 6.07) is 0.115. The molecule has 3 atom stereocenters. The Morgan fingerprint density at radius 3 is 2.00 bits per heavy atom. The normalized spacial score (nSPS) is 23.1. The van der Waals surface area contributed by atoms with Crippen LogP contribution >= 0.6 is 0 Å². The topological polar surface area (TPSA) is 46.6 Å². The second kappa shape index (κ2) is 8.19. The van der Waals surface area contributed by atoms with Crippen molar-refractivity contribution >= 4 is 28.2 Å². The second-order valence-electron chi connectivity index (χ2n) is 11.4. The lowest BCUT2D eigenvalue weighted by Gasteiger charge is -2.60. The van der Waals surface area contributed by atoms with E-state index in [4.69, 9.17) is 4.43 Å². The van der Waals surface area contributed by atoms with E-state index in [1.807, 2.05) is 6.08 Å². The predicted molar refractivity (Wildman–Crippen MR) is 124 cm³/mol. The van der Waals surface area contributed by atoms with Crippen LogP contribution in [0, 0.1) is 5.92 Å². The van der Waals surface area contributed by atoms with Crippen LogP contribution in [0.5, 0.6) is 0 Å². The zero-order valence-electron chi connectivity index (χ0n) is 20.3. The molecule has 4 nitrogen and oxygen atoms in total. The van der Waals surface area contributed by atoms with E-state index in [2.05, 4.69) is 79.2 Å². The Balaban J connectivity index is 3.16. The third kappa shape index (κ3) is 5.06. The van der Waals surface area contributed by atoms with Gasteiger partial charge in [-0.2, -0.15) is 0 Å².